The highest BCUT2D eigenvalue weighted by molar-refractivity contribution is 5.94. The van der Waals surface area contributed by atoms with Crippen LogP contribution >= 0.6 is 0 Å². The van der Waals surface area contributed by atoms with Gasteiger partial charge in [-0.3, -0.25) is 9.59 Å². The normalized spacial score (nSPS) is 17.6. The Balaban J connectivity index is 1.71. The van der Waals surface area contributed by atoms with Gasteiger partial charge in [-0.05, 0) is 37.5 Å². The number of furan rings is 1. The van der Waals surface area contributed by atoms with Crippen molar-refractivity contribution < 1.29 is 18.7 Å². The molecule has 1 amide bonds. The Kier molecular flexibility index (Phi) is 5.34. The van der Waals surface area contributed by atoms with E-state index in [2.05, 4.69) is 5.32 Å². The first-order valence-corrected chi connectivity index (χ1v) is 8.63. The smallest absolute Gasteiger partial charge is 0.231 e. The Labute approximate surface area is 147 Å². The molecule has 2 heterocycles. The molecule has 25 heavy (non-hydrogen) atoms. The summed E-state index contributed by atoms with van der Waals surface area (Å²) in [5, 5.41) is 3.02. The highest BCUT2D eigenvalue weighted by Gasteiger charge is 2.42. The van der Waals surface area contributed by atoms with Gasteiger partial charge in [0.25, 0.3) is 0 Å². The second kappa shape index (κ2) is 7.66. The van der Waals surface area contributed by atoms with Crippen LogP contribution in [0.1, 0.15) is 42.3 Å². The fourth-order valence-electron chi connectivity index (χ4n) is 3.35. The van der Waals surface area contributed by atoms with E-state index in [4.69, 9.17) is 9.15 Å². The van der Waals surface area contributed by atoms with Gasteiger partial charge in [-0.2, -0.15) is 0 Å². The molecule has 1 N–H and O–H groups in total. The van der Waals surface area contributed by atoms with Crippen LogP contribution in [0.15, 0.2) is 53.1 Å². The molecular formula is C20H23NO4. The van der Waals surface area contributed by atoms with E-state index in [9.17, 15) is 9.59 Å². The van der Waals surface area contributed by atoms with Gasteiger partial charge >= 0.3 is 0 Å². The van der Waals surface area contributed by atoms with Crippen molar-refractivity contribution in [2.24, 2.45) is 0 Å². The van der Waals surface area contributed by atoms with Gasteiger partial charge in [0.1, 0.15) is 0 Å². The third-order valence-electron chi connectivity index (χ3n) is 4.77. The van der Waals surface area contributed by atoms with E-state index in [1.807, 2.05) is 37.3 Å². The molecular weight excluding hydrogens is 318 g/mol. The van der Waals surface area contributed by atoms with Crippen molar-refractivity contribution in [2.75, 3.05) is 13.2 Å². The van der Waals surface area contributed by atoms with Gasteiger partial charge in [-0.15, -0.1) is 0 Å². The second-order valence-electron chi connectivity index (χ2n) is 6.54. The summed E-state index contributed by atoms with van der Waals surface area (Å²) in [4.78, 5) is 25.3. The topological polar surface area (TPSA) is 68.5 Å². The standard InChI is InChI=1S/C20H23NO4/c1-15(14-17(22)18-8-5-11-25-18)21-19(23)20(9-12-24-13-10-20)16-6-3-2-4-7-16/h2-8,11,15H,9-10,12-14H2,1H3,(H,21,23)/t15-/m1/s1. The molecule has 1 aliphatic rings. The Bertz CT molecular complexity index is 703. The van der Waals surface area contributed by atoms with Crippen LogP contribution < -0.4 is 5.32 Å². The molecule has 1 fully saturated rings. The number of Topliss-reactive ketones (excluding diaryl/α,β-unsaturated/α-hetero) is 1. The van der Waals surface area contributed by atoms with Crippen molar-refractivity contribution in [1.29, 1.82) is 0 Å². The zero-order chi connectivity index (χ0) is 17.7. The highest BCUT2D eigenvalue weighted by Crippen LogP contribution is 2.35. The lowest BCUT2D eigenvalue weighted by atomic mass is 9.73. The predicted octanol–water partition coefficient (Wildman–Crippen LogP) is 3.11. The fourth-order valence-corrected chi connectivity index (χ4v) is 3.35. The van der Waals surface area contributed by atoms with Gasteiger partial charge < -0.3 is 14.5 Å². The largest absolute Gasteiger partial charge is 0.461 e. The average molecular weight is 341 g/mol. The summed E-state index contributed by atoms with van der Waals surface area (Å²) in [7, 11) is 0. The molecule has 5 heteroatoms. The Morgan fingerprint density at radius 1 is 1.12 bits per heavy atom. The van der Waals surface area contributed by atoms with Gasteiger partial charge in [0.2, 0.25) is 5.91 Å². The fraction of sp³-hybridized carbons (Fsp3) is 0.400. The van der Waals surface area contributed by atoms with Gasteiger partial charge in [0, 0.05) is 25.7 Å². The summed E-state index contributed by atoms with van der Waals surface area (Å²) in [6.07, 6.45) is 2.97. The van der Waals surface area contributed by atoms with Crippen LogP contribution in [0, 0.1) is 0 Å². The number of carbonyl (C=O) groups excluding carboxylic acids is 2. The molecule has 2 aromatic rings. The van der Waals surface area contributed by atoms with Crippen molar-refractivity contribution >= 4 is 11.7 Å². The van der Waals surface area contributed by atoms with E-state index in [0.717, 1.165) is 5.56 Å². The summed E-state index contributed by atoms with van der Waals surface area (Å²) < 4.78 is 10.6. The van der Waals surface area contributed by atoms with E-state index >= 15 is 0 Å². The average Bonchev–Trinajstić information content (AvgIpc) is 3.17. The number of carbonyl (C=O) groups is 2. The molecule has 1 aromatic heterocycles. The number of amides is 1. The van der Waals surface area contributed by atoms with E-state index in [1.165, 1.54) is 6.26 Å². The first-order chi connectivity index (χ1) is 12.1. The maximum absolute atomic E-state index is 13.1. The monoisotopic (exact) mass is 341 g/mol. The number of ketones is 1. The summed E-state index contributed by atoms with van der Waals surface area (Å²) >= 11 is 0. The van der Waals surface area contributed by atoms with Crippen molar-refractivity contribution in [3.63, 3.8) is 0 Å². The van der Waals surface area contributed by atoms with E-state index in [1.54, 1.807) is 12.1 Å². The number of hydrogen-bond acceptors (Lipinski definition) is 4. The van der Waals surface area contributed by atoms with Crippen molar-refractivity contribution in [2.45, 2.75) is 37.6 Å². The van der Waals surface area contributed by atoms with Gasteiger partial charge in [-0.1, -0.05) is 30.3 Å². The molecule has 0 bridgehead atoms. The lowest BCUT2D eigenvalue weighted by molar-refractivity contribution is -0.131. The zero-order valence-electron chi connectivity index (χ0n) is 14.4. The molecule has 0 spiro atoms. The van der Waals surface area contributed by atoms with Gasteiger partial charge in [0.05, 0.1) is 11.7 Å². The lowest BCUT2D eigenvalue weighted by Gasteiger charge is -2.37. The quantitative estimate of drug-likeness (QED) is 0.820. The highest BCUT2D eigenvalue weighted by atomic mass is 16.5. The molecule has 1 saturated heterocycles. The van der Waals surface area contributed by atoms with Crippen LogP contribution in [0.3, 0.4) is 0 Å². The van der Waals surface area contributed by atoms with Crippen molar-refractivity contribution in [3.8, 4) is 0 Å². The number of nitrogens with one attached hydrogen (secondary N) is 1. The summed E-state index contributed by atoms with van der Waals surface area (Å²) in [6.45, 7) is 2.96. The third-order valence-corrected chi connectivity index (χ3v) is 4.77. The zero-order valence-corrected chi connectivity index (χ0v) is 14.4. The van der Waals surface area contributed by atoms with E-state index in [-0.39, 0.29) is 24.2 Å². The van der Waals surface area contributed by atoms with Crippen molar-refractivity contribution in [3.05, 3.63) is 60.1 Å². The summed E-state index contributed by atoms with van der Waals surface area (Å²) in [6, 6.07) is 12.9. The second-order valence-corrected chi connectivity index (χ2v) is 6.54. The molecule has 0 unspecified atom stereocenters. The Morgan fingerprint density at radius 2 is 1.84 bits per heavy atom. The van der Waals surface area contributed by atoms with Crippen LogP contribution in [0.25, 0.3) is 0 Å². The Hall–Kier alpha value is -2.40. The number of hydrogen-bond donors (Lipinski definition) is 1. The minimum Gasteiger partial charge on any atom is -0.461 e. The van der Waals surface area contributed by atoms with Crippen molar-refractivity contribution in [1.82, 2.24) is 5.32 Å². The molecule has 0 saturated carbocycles. The summed E-state index contributed by atoms with van der Waals surface area (Å²) in [5.41, 5.74) is 0.405. The van der Waals surface area contributed by atoms with Crippen LogP contribution in [0.4, 0.5) is 0 Å². The minimum atomic E-state index is -0.596. The molecule has 132 valence electrons. The van der Waals surface area contributed by atoms with Crippen LogP contribution in [0.5, 0.6) is 0 Å². The molecule has 1 atom stereocenters. The van der Waals surface area contributed by atoms with Crippen LogP contribution in [-0.4, -0.2) is 30.9 Å². The predicted molar refractivity (Wildman–Crippen MR) is 93.4 cm³/mol. The van der Waals surface area contributed by atoms with E-state index in [0.29, 0.717) is 31.8 Å². The SMILES string of the molecule is C[C@H](CC(=O)c1ccco1)NC(=O)C1(c2ccccc2)CCOCC1. The molecule has 3 rings (SSSR count). The van der Waals surface area contributed by atoms with E-state index < -0.39 is 5.41 Å². The van der Waals surface area contributed by atoms with Gasteiger partial charge in [0.15, 0.2) is 11.5 Å². The molecule has 1 aliphatic heterocycles. The molecule has 0 radical (unpaired) electrons. The maximum Gasteiger partial charge on any atom is 0.231 e. The molecule has 0 aliphatic carbocycles. The van der Waals surface area contributed by atoms with Crippen LogP contribution in [0.2, 0.25) is 0 Å². The van der Waals surface area contributed by atoms with Gasteiger partial charge in [-0.25, -0.2) is 0 Å². The first-order valence-electron chi connectivity index (χ1n) is 8.63. The number of benzene rings is 1. The summed E-state index contributed by atoms with van der Waals surface area (Å²) in [5.74, 6) is 0.172. The molecule has 1 aromatic carbocycles. The minimum absolute atomic E-state index is 0.0401. The Morgan fingerprint density at radius 3 is 2.48 bits per heavy atom. The molecule has 5 nitrogen and oxygen atoms in total. The van der Waals surface area contributed by atoms with Crippen LogP contribution in [-0.2, 0) is 14.9 Å². The number of rotatable bonds is 6. The maximum atomic E-state index is 13.1. The lowest BCUT2D eigenvalue weighted by Crippen LogP contribution is -2.50. The third kappa shape index (κ3) is 3.82. The number of ether oxygens (including phenoxy) is 1. The first kappa shape index (κ1) is 17.4.